The minimum atomic E-state index is 0.194. The molecule has 1 heterocycles. The van der Waals surface area contributed by atoms with Gasteiger partial charge >= 0.3 is 0 Å². The lowest BCUT2D eigenvalue weighted by Gasteiger charge is -2.15. The van der Waals surface area contributed by atoms with Gasteiger partial charge in [0, 0.05) is 13.0 Å². The largest absolute Gasteiger partial charge is 0.374 e. The van der Waals surface area contributed by atoms with Gasteiger partial charge in [-0.1, -0.05) is 87.4 Å². The quantitative estimate of drug-likeness (QED) is 0.632. The van der Waals surface area contributed by atoms with Crippen LogP contribution in [0.15, 0.2) is 47.5 Å². The van der Waals surface area contributed by atoms with E-state index in [0.29, 0.717) is 0 Å². The second kappa shape index (κ2) is 10.4. The molecule has 2 nitrogen and oxygen atoms in total. The molecule has 2 aromatic carbocycles. The van der Waals surface area contributed by atoms with Gasteiger partial charge < -0.3 is 5.32 Å². The van der Waals surface area contributed by atoms with Crippen molar-refractivity contribution in [1.82, 2.24) is 5.32 Å². The molecule has 140 valence electrons. The smallest absolute Gasteiger partial charge is 0.0970 e. The second-order valence-electron chi connectivity index (χ2n) is 7.68. The molecule has 0 amide bonds. The van der Waals surface area contributed by atoms with Crippen molar-refractivity contribution in [2.45, 2.75) is 77.2 Å². The molecule has 3 rings (SSSR count). The fraction of sp³-hybridized carbons (Fsp3) is 0.542. The molecule has 0 radical (unpaired) electrons. The van der Waals surface area contributed by atoms with Crippen molar-refractivity contribution in [1.29, 1.82) is 0 Å². The maximum absolute atomic E-state index is 5.11. The Morgan fingerprint density at radius 1 is 0.769 bits per heavy atom. The van der Waals surface area contributed by atoms with Gasteiger partial charge in [-0.25, -0.2) is 0 Å². The summed E-state index contributed by atoms with van der Waals surface area (Å²) in [6.07, 6.45) is 13.3. The van der Waals surface area contributed by atoms with Gasteiger partial charge in [0.05, 0.1) is 11.9 Å². The molecule has 1 unspecified atom stereocenters. The zero-order valence-electron chi connectivity index (χ0n) is 16.3. The van der Waals surface area contributed by atoms with Gasteiger partial charge in [0.15, 0.2) is 0 Å². The van der Waals surface area contributed by atoms with E-state index in [-0.39, 0.29) is 6.04 Å². The minimum absolute atomic E-state index is 0.194. The van der Waals surface area contributed by atoms with Gasteiger partial charge in [-0.2, -0.15) is 0 Å². The Hall–Kier alpha value is -1.83. The van der Waals surface area contributed by atoms with Crippen LogP contribution in [-0.2, 0) is 0 Å². The van der Waals surface area contributed by atoms with E-state index in [1.165, 1.54) is 80.0 Å². The maximum Gasteiger partial charge on any atom is 0.0970 e. The summed E-state index contributed by atoms with van der Waals surface area (Å²) in [5.74, 6) is 1.21. The third-order valence-corrected chi connectivity index (χ3v) is 5.54. The van der Waals surface area contributed by atoms with Gasteiger partial charge in [-0.05, 0) is 36.1 Å². The normalized spacial score (nSPS) is 20.6. The molecule has 0 bridgehead atoms. The fourth-order valence-electron chi connectivity index (χ4n) is 4.00. The van der Waals surface area contributed by atoms with E-state index in [9.17, 15) is 0 Å². The van der Waals surface area contributed by atoms with Crippen LogP contribution in [0.2, 0.25) is 0 Å². The van der Waals surface area contributed by atoms with Crippen LogP contribution in [0.1, 0.15) is 82.7 Å². The molecule has 1 saturated heterocycles. The number of nitrogens with zero attached hydrogens (tertiary/aromatic N) is 1. The van der Waals surface area contributed by atoms with E-state index in [0.717, 1.165) is 13.0 Å². The van der Waals surface area contributed by atoms with Crippen LogP contribution in [-0.4, -0.2) is 12.4 Å². The van der Waals surface area contributed by atoms with Crippen molar-refractivity contribution in [2.75, 3.05) is 6.54 Å². The number of hydrogen-bond donors (Lipinski definition) is 1. The van der Waals surface area contributed by atoms with Crippen LogP contribution in [0.25, 0.3) is 10.8 Å². The number of aliphatic imine (C=N–C) groups is 1. The van der Waals surface area contributed by atoms with E-state index in [4.69, 9.17) is 4.99 Å². The topological polar surface area (TPSA) is 24.4 Å². The molecule has 2 aromatic rings. The minimum Gasteiger partial charge on any atom is -0.374 e. The molecule has 26 heavy (non-hydrogen) atoms. The highest BCUT2D eigenvalue weighted by Crippen LogP contribution is 2.26. The van der Waals surface area contributed by atoms with Gasteiger partial charge in [0.25, 0.3) is 0 Å². The first-order chi connectivity index (χ1) is 12.8. The molecule has 2 heteroatoms. The summed E-state index contributed by atoms with van der Waals surface area (Å²) in [5.41, 5.74) is 1.33. The van der Waals surface area contributed by atoms with Gasteiger partial charge in [-0.3, -0.25) is 4.99 Å². The van der Waals surface area contributed by atoms with Crippen molar-refractivity contribution >= 4 is 16.6 Å². The van der Waals surface area contributed by atoms with Crippen LogP contribution in [0.5, 0.6) is 0 Å². The highest BCUT2D eigenvalue weighted by Gasteiger charge is 2.10. The number of amidine groups is 1. The number of fused-ring (bicyclic) bond motifs is 1. The van der Waals surface area contributed by atoms with E-state index in [1.54, 1.807) is 0 Å². The number of nitrogens with one attached hydrogen (secondary N) is 1. The first-order valence-electron chi connectivity index (χ1n) is 10.6. The molecule has 0 spiro atoms. The molecule has 0 saturated carbocycles. The zero-order valence-corrected chi connectivity index (χ0v) is 16.3. The Morgan fingerprint density at radius 2 is 1.42 bits per heavy atom. The van der Waals surface area contributed by atoms with E-state index < -0.39 is 0 Å². The van der Waals surface area contributed by atoms with Crippen LogP contribution < -0.4 is 5.32 Å². The van der Waals surface area contributed by atoms with Gasteiger partial charge in [-0.15, -0.1) is 0 Å². The zero-order chi connectivity index (χ0) is 18.0. The first-order valence-corrected chi connectivity index (χ1v) is 10.6. The lowest BCUT2D eigenvalue weighted by Crippen LogP contribution is -2.25. The Bertz CT molecular complexity index is 683. The van der Waals surface area contributed by atoms with Gasteiger partial charge in [0.1, 0.15) is 0 Å². The highest BCUT2D eigenvalue weighted by atomic mass is 15.0. The average molecular weight is 351 g/mol. The van der Waals surface area contributed by atoms with Crippen molar-refractivity contribution in [3.05, 3.63) is 48.0 Å². The fourth-order valence-corrected chi connectivity index (χ4v) is 4.00. The number of rotatable bonds is 2. The van der Waals surface area contributed by atoms with Crippen LogP contribution >= 0.6 is 0 Å². The summed E-state index contributed by atoms with van der Waals surface area (Å²) >= 11 is 0. The molecule has 1 N–H and O–H groups in total. The molecular formula is C24H34N2. The van der Waals surface area contributed by atoms with E-state index >= 15 is 0 Å². The molecular weight excluding hydrogens is 316 g/mol. The first kappa shape index (κ1) is 18.9. The lowest BCUT2D eigenvalue weighted by molar-refractivity contribution is 0.566. The summed E-state index contributed by atoms with van der Waals surface area (Å²) in [4.78, 5) is 5.11. The lowest BCUT2D eigenvalue weighted by atomic mass is 10.00. The Balaban J connectivity index is 1.73. The van der Waals surface area contributed by atoms with Crippen molar-refractivity contribution < 1.29 is 0 Å². The van der Waals surface area contributed by atoms with Crippen molar-refractivity contribution in [2.24, 2.45) is 4.99 Å². The molecule has 1 aliphatic rings. The Morgan fingerprint density at radius 3 is 2.23 bits per heavy atom. The van der Waals surface area contributed by atoms with Gasteiger partial charge in [0.2, 0.25) is 0 Å². The van der Waals surface area contributed by atoms with Crippen LogP contribution in [0.4, 0.5) is 0 Å². The standard InChI is InChI=1S/C24H34N2/c1-20(22-17-13-15-21-14-10-11-16-23(21)22)26-24-18-9-7-5-3-2-4-6-8-12-19-25-24/h10-11,13-17,20H,2-9,12,18-19H2,1H3,(H,25,26). The molecule has 0 aliphatic carbocycles. The second-order valence-corrected chi connectivity index (χ2v) is 7.68. The average Bonchev–Trinajstić information content (AvgIpc) is 2.70. The number of hydrogen-bond acceptors (Lipinski definition) is 1. The molecule has 1 atom stereocenters. The third-order valence-electron chi connectivity index (χ3n) is 5.54. The third kappa shape index (κ3) is 5.59. The van der Waals surface area contributed by atoms with E-state index in [2.05, 4.69) is 54.7 Å². The monoisotopic (exact) mass is 350 g/mol. The predicted molar refractivity (Wildman–Crippen MR) is 114 cm³/mol. The summed E-state index contributed by atoms with van der Waals surface area (Å²) in [6, 6.07) is 15.4. The summed E-state index contributed by atoms with van der Waals surface area (Å²) < 4.78 is 0. The molecule has 1 aliphatic heterocycles. The highest BCUT2D eigenvalue weighted by molar-refractivity contribution is 5.87. The van der Waals surface area contributed by atoms with Crippen LogP contribution in [0, 0.1) is 0 Å². The number of benzene rings is 2. The van der Waals surface area contributed by atoms with Crippen molar-refractivity contribution in [3.8, 4) is 0 Å². The maximum atomic E-state index is 5.11. The molecule has 1 fully saturated rings. The Labute approximate surface area is 159 Å². The molecule has 0 aromatic heterocycles. The summed E-state index contributed by atoms with van der Waals surface area (Å²) in [5, 5.41) is 6.29. The summed E-state index contributed by atoms with van der Waals surface area (Å²) in [7, 11) is 0. The Kier molecular flexibility index (Phi) is 7.54. The van der Waals surface area contributed by atoms with E-state index in [1.807, 2.05) is 0 Å². The predicted octanol–water partition coefficient (Wildman–Crippen LogP) is 6.80. The SMILES string of the molecule is CC(N=C1CCCCCCCCCCCN1)c1cccc2ccccc12. The summed E-state index contributed by atoms with van der Waals surface area (Å²) in [6.45, 7) is 3.30. The van der Waals surface area contributed by atoms with Crippen molar-refractivity contribution in [3.63, 3.8) is 0 Å². The van der Waals surface area contributed by atoms with Crippen LogP contribution in [0.3, 0.4) is 0 Å².